The van der Waals surface area contributed by atoms with Gasteiger partial charge in [-0.1, -0.05) is 0 Å². The van der Waals surface area contributed by atoms with E-state index in [9.17, 15) is 5.11 Å². The van der Waals surface area contributed by atoms with Crippen molar-refractivity contribution in [1.29, 1.82) is 0 Å². The van der Waals surface area contributed by atoms with E-state index in [4.69, 9.17) is 15.2 Å². The Labute approximate surface area is 111 Å². The van der Waals surface area contributed by atoms with E-state index in [1.807, 2.05) is 0 Å². The largest absolute Gasteiger partial charge is 0.389 e. The molecule has 110 valence electrons. The minimum atomic E-state index is -0.737. The maximum Gasteiger partial charge on any atom is 0.0741 e. The number of hydrogen-bond acceptors (Lipinski definition) is 5. The van der Waals surface area contributed by atoms with E-state index in [1.54, 1.807) is 21.1 Å². The summed E-state index contributed by atoms with van der Waals surface area (Å²) in [7, 11) is 3.44. The van der Waals surface area contributed by atoms with Crippen LogP contribution in [0.3, 0.4) is 0 Å². The molecule has 0 fully saturated rings. The number of nitrogens with two attached hydrogens (primary N) is 1. The van der Waals surface area contributed by atoms with Gasteiger partial charge in [0.1, 0.15) is 0 Å². The molecule has 5 nitrogen and oxygen atoms in total. The average molecular weight is 262 g/mol. The third-order valence-corrected chi connectivity index (χ3v) is 3.06. The molecule has 0 spiro atoms. The Hall–Kier alpha value is -0.200. The van der Waals surface area contributed by atoms with Crippen molar-refractivity contribution >= 4 is 0 Å². The molecule has 3 N–H and O–H groups in total. The maximum atomic E-state index is 9.84. The quantitative estimate of drug-likeness (QED) is 0.500. The Balaban J connectivity index is 3.84. The molecule has 0 aromatic rings. The Kier molecular flexibility index (Phi) is 10.6. The van der Waals surface area contributed by atoms with Crippen LogP contribution in [-0.4, -0.2) is 69.2 Å². The molecule has 1 unspecified atom stereocenters. The fraction of sp³-hybridized carbons (Fsp3) is 1.00. The maximum absolute atomic E-state index is 9.84. The zero-order chi connectivity index (χ0) is 13.9. The van der Waals surface area contributed by atoms with E-state index in [-0.39, 0.29) is 0 Å². The molecule has 0 aromatic carbocycles. The molecule has 0 bridgehead atoms. The van der Waals surface area contributed by atoms with Crippen molar-refractivity contribution in [1.82, 2.24) is 4.90 Å². The normalized spacial score (nSPS) is 15.0. The first-order valence-corrected chi connectivity index (χ1v) is 6.68. The first-order chi connectivity index (χ1) is 8.55. The summed E-state index contributed by atoms with van der Waals surface area (Å²) >= 11 is 0. The van der Waals surface area contributed by atoms with Crippen LogP contribution in [0.2, 0.25) is 0 Å². The summed E-state index contributed by atoms with van der Waals surface area (Å²) in [6, 6.07) is 0. The van der Waals surface area contributed by atoms with Crippen molar-refractivity contribution < 1.29 is 14.6 Å². The highest BCUT2D eigenvalue weighted by molar-refractivity contribution is 4.73. The van der Waals surface area contributed by atoms with Crippen LogP contribution in [0.25, 0.3) is 0 Å². The van der Waals surface area contributed by atoms with E-state index in [0.717, 1.165) is 52.1 Å². The molecular weight excluding hydrogens is 232 g/mol. The lowest BCUT2D eigenvalue weighted by molar-refractivity contribution is 0.0525. The van der Waals surface area contributed by atoms with E-state index >= 15 is 0 Å². The third kappa shape index (κ3) is 9.79. The van der Waals surface area contributed by atoms with Crippen molar-refractivity contribution in [3.05, 3.63) is 0 Å². The number of aliphatic hydroxyl groups is 1. The Morgan fingerprint density at radius 3 is 2.22 bits per heavy atom. The van der Waals surface area contributed by atoms with E-state index in [0.29, 0.717) is 6.54 Å². The summed E-state index contributed by atoms with van der Waals surface area (Å²) in [5.74, 6) is 0. The number of rotatable bonds is 12. The van der Waals surface area contributed by atoms with Crippen LogP contribution in [0, 0.1) is 0 Å². The average Bonchev–Trinajstić information content (AvgIpc) is 2.35. The molecule has 0 heterocycles. The fourth-order valence-electron chi connectivity index (χ4n) is 1.77. The number of methoxy groups -OCH3 is 2. The molecule has 0 rings (SSSR count). The second kappa shape index (κ2) is 10.7. The van der Waals surface area contributed by atoms with Gasteiger partial charge in [-0.05, 0) is 32.7 Å². The highest BCUT2D eigenvalue weighted by Crippen LogP contribution is 2.10. The second-order valence-corrected chi connectivity index (χ2v) is 4.99. The SMILES string of the molecule is COCCCN(CCCC(C)(O)CN)CCOC. The van der Waals surface area contributed by atoms with Gasteiger partial charge >= 0.3 is 0 Å². The Bertz CT molecular complexity index is 189. The number of nitrogens with zero attached hydrogens (tertiary/aromatic N) is 1. The predicted molar refractivity (Wildman–Crippen MR) is 73.7 cm³/mol. The van der Waals surface area contributed by atoms with E-state index < -0.39 is 5.60 Å². The summed E-state index contributed by atoms with van der Waals surface area (Å²) in [6.07, 6.45) is 2.70. The Morgan fingerprint density at radius 1 is 1.06 bits per heavy atom. The van der Waals surface area contributed by atoms with Crippen LogP contribution in [0.15, 0.2) is 0 Å². The molecule has 0 radical (unpaired) electrons. The van der Waals surface area contributed by atoms with Gasteiger partial charge in [-0.15, -0.1) is 0 Å². The standard InChI is InChI=1S/C13H30N2O3/c1-13(16,12-14)6-4-7-15(9-11-18-3)8-5-10-17-2/h16H,4-12,14H2,1-3H3. The van der Waals surface area contributed by atoms with Gasteiger partial charge in [0.15, 0.2) is 0 Å². The molecular formula is C13H30N2O3. The topological polar surface area (TPSA) is 68.0 Å². The molecule has 0 aliphatic heterocycles. The lowest BCUT2D eigenvalue weighted by Crippen LogP contribution is -2.36. The van der Waals surface area contributed by atoms with Gasteiger partial charge in [-0.3, -0.25) is 0 Å². The summed E-state index contributed by atoms with van der Waals surface area (Å²) in [5, 5.41) is 9.84. The van der Waals surface area contributed by atoms with Crippen LogP contribution in [0.1, 0.15) is 26.2 Å². The van der Waals surface area contributed by atoms with Gasteiger partial charge in [-0.25, -0.2) is 0 Å². The van der Waals surface area contributed by atoms with Gasteiger partial charge in [0.05, 0.1) is 12.2 Å². The van der Waals surface area contributed by atoms with Gasteiger partial charge in [0.25, 0.3) is 0 Å². The van der Waals surface area contributed by atoms with Crippen molar-refractivity contribution in [3.63, 3.8) is 0 Å². The summed E-state index contributed by atoms with van der Waals surface area (Å²) in [4.78, 5) is 2.34. The third-order valence-electron chi connectivity index (χ3n) is 3.06. The Morgan fingerprint density at radius 2 is 1.67 bits per heavy atom. The minimum Gasteiger partial charge on any atom is -0.389 e. The summed E-state index contributed by atoms with van der Waals surface area (Å²) in [6.45, 7) is 6.51. The van der Waals surface area contributed by atoms with Crippen molar-refractivity contribution in [2.24, 2.45) is 5.73 Å². The minimum absolute atomic E-state index is 0.314. The molecule has 1 atom stereocenters. The van der Waals surface area contributed by atoms with Crippen LogP contribution in [0.4, 0.5) is 0 Å². The van der Waals surface area contributed by atoms with Crippen molar-refractivity contribution in [3.8, 4) is 0 Å². The zero-order valence-corrected chi connectivity index (χ0v) is 12.2. The molecule has 0 aliphatic carbocycles. The lowest BCUT2D eigenvalue weighted by atomic mass is 10.0. The molecule has 0 aromatic heterocycles. The zero-order valence-electron chi connectivity index (χ0n) is 12.2. The first kappa shape index (κ1) is 17.8. The molecule has 18 heavy (non-hydrogen) atoms. The second-order valence-electron chi connectivity index (χ2n) is 4.99. The lowest BCUT2D eigenvalue weighted by Gasteiger charge is -2.25. The van der Waals surface area contributed by atoms with Gasteiger partial charge in [-0.2, -0.15) is 0 Å². The highest BCUT2D eigenvalue weighted by atomic mass is 16.5. The summed E-state index contributed by atoms with van der Waals surface area (Å²) < 4.78 is 10.2. The van der Waals surface area contributed by atoms with Crippen molar-refractivity contribution in [2.45, 2.75) is 31.8 Å². The monoisotopic (exact) mass is 262 g/mol. The molecule has 0 amide bonds. The molecule has 0 aliphatic rings. The van der Waals surface area contributed by atoms with Gasteiger partial charge in [0, 0.05) is 40.5 Å². The molecule has 5 heteroatoms. The smallest absolute Gasteiger partial charge is 0.0741 e. The predicted octanol–water partition coefficient (Wildman–Crippen LogP) is 0.461. The first-order valence-electron chi connectivity index (χ1n) is 6.68. The number of hydrogen-bond donors (Lipinski definition) is 2. The van der Waals surface area contributed by atoms with E-state index in [1.165, 1.54) is 0 Å². The van der Waals surface area contributed by atoms with Crippen molar-refractivity contribution in [2.75, 3.05) is 53.6 Å². The summed E-state index contributed by atoms with van der Waals surface area (Å²) in [5.41, 5.74) is 4.76. The highest BCUT2D eigenvalue weighted by Gasteiger charge is 2.17. The van der Waals surface area contributed by atoms with Crippen LogP contribution >= 0.6 is 0 Å². The van der Waals surface area contributed by atoms with Crippen LogP contribution < -0.4 is 5.73 Å². The molecule has 0 saturated carbocycles. The molecule has 0 saturated heterocycles. The van der Waals surface area contributed by atoms with Gasteiger partial charge in [0.2, 0.25) is 0 Å². The van der Waals surface area contributed by atoms with Gasteiger partial charge < -0.3 is 25.2 Å². The fourth-order valence-corrected chi connectivity index (χ4v) is 1.77. The van der Waals surface area contributed by atoms with Crippen LogP contribution in [0.5, 0.6) is 0 Å². The number of ether oxygens (including phenoxy) is 2. The van der Waals surface area contributed by atoms with E-state index in [2.05, 4.69) is 4.90 Å². The van der Waals surface area contributed by atoms with Crippen LogP contribution in [-0.2, 0) is 9.47 Å².